The SMILES string of the molecule is CCCCN=C(N)NC(=O)CCc1ccc(-c2ccc(CN3CCC(N4CCC(C)CC4)CC3)cc2)c(OCCCOC)c1.O=C(O)C(F)(F)F. The van der Waals surface area contributed by atoms with E-state index >= 15 is 0 Å². The van der Waals surface area contributed by atoms with Gasteiger partial charge < -0.3 is 25.2 Å². The number of alkyl halides is 3. The van der Waals surface area contributed by atoms with E-state index in [0.717, 1.165) is 60.2 Å². The van der Waals surface area contributed by atoms with E-state index < -0.39 is 12.1 Å². The van der Waals surface area contributed by atoms with Gasteiger partial charge >= 0.3 is 12.1 Å². The first kappa shape index (κ1) is 41.7. The summed E-state index contributed by atoms with van der Waals surface area (Å²) in [5, 5.41) is 9.83. The minimum Gasteiger partial charge on any atom is -0.493 e. The predicted molar refractivity (Wildman–Crippen MR) is 194 cm³/mol. The van der Waals surface area contributed by atoms with Crippen LogP contribution in [0, 0.1) is 5.92 Å². The van der Waals surface area contributed by atoms with Crippen molar-refractivity contribution >= 4 is 17.8 Å². The lowest BCUT2D eigenvalue weighted by molar-refractivity contribution is -0.192. The molecule has 0 bridgehead atoms. The summed E-state index contributed by atoms with van der Waals surface area (Å²) in [5.41, 5.74) is 10.4. The number of nitrogens with zero attached hydrogens (tertiary/aromatic N) is 3. The Hall–Kier alpha value is -3.68. The third kappa shape index (κ3) is 15.2. The molecule has 0 aromatic heterocycles. The summed E-state index contributed by atoms with van der Waals surface area (Å²) in [6, 6.07) is 16.0. The Balaban J connectivity index is 0.000000908. The van der Waals surface area contributed by atoms with Crippen molar-refractivity contribution in [2.45, 2.75) is 90.4 Å². The molecule has 0 aliphatic carbocycles. The largest absolute Gasteiger partial charge is 0.493 e. The van der Waals surface area contributed by atoms with E-state index in [4.69, 9.17) is 25.1 Å². The van der Waals surface area contributed by atoms with Crippen molar-refractivity contribution in [3.05, 3.63) is 53.6 Å². The molecule has 0 saturated carbocycles. The fourth-order valence-corrected chi connectivity index (χ4v) is 6.21. The van der Waals surface area contributed by atoms with Gasteiger partial charge in [0.05, 0.1) is 6.61 Å². The quantitative estimate of drug-likeness (QED) is 0.112. The fraction of sp³-hybridized carbons (Fsp3) is 0.605. The first-order valence-corrected chi connectivity index (χ1v) is 18.1. The molecule has 2 aromatic rings. The number of piperidine rings is 2. The van der Waals surface area contributed by atoms with E-state index in [1.165, 1.54) is 57.4 Å². The molecule has 2 aliphatic heterocycles. The van der Waals surface area contributed by atoms with Crippen molar-refractivity contribution in [2.75, 3.05) is 53.0 Å². The highest BCUT2D eigenvalue weighted by Crippen LogP contribution is 2.32. The Morgan fingerprint density at radius 1 is 0.980 bits per heavy atom. The first-order valence-electron chi connectivity index (χ1n) is 18.1. The molecule has 10 nitrogen and oxygen atoms in total. The van der Waals surface area contributed by atoms with Crippen molar-refractivity contribution in [1.82, 2.24) is 15.1 Å². The number of carboxylic acid groups (broad SMARTS) is 1. The van der Waals surface area contributed by atoms with Crippen molar-refractivity contribution in [3.8, 4) is 16.9 Å². The molecule has 0 atom stereocenters. The van der Waals surface area contributed by atoms with Crippen LogP contribution >= 0.6 is 0 Å². The standard InChI is InChI=1S/C36H55N5O3.C2HF3O2/c1-4-5-19-38-36(37)39-35(42)14-10-29-9-13-33(34(26-29)44-25-6-24-43-3)31-11-7-30(8-12-31)27-40-20-17-32(18-21-40)41-22-15-28(2)16-23-41;3-2(4,5)1(6)7/h7-9,11-13,26,28,32H,4-6,10,14-25,27H2,1-3H3,(H3,37,38,39,42);(H,6,7). The highest BCUT2D eigenvalue weighted by molar-refractivity contribution is 5.96. The number of aliphatic carboxylic acids is 1. The van der Waals surface area contributed by atoms with Crippen molar-refractivity contribution in [1.29, 1.82) is 0 Å². The average molecular weight is 720 g/mol. The van der Waals surface area contributed by atoms with Gasteiger partial charge in [-0.05, 0) is 93.4 Å². The Bertz CT molecular complexity index is 1370. The highest BCUT2D eigenvalue weighted by atomic mass is 19.4. The lowest BCUT2D eigenvalue weighted by Crippen LogP contribution is -2.47. The Kier molecular flexibility index (Phi) is 17.7. The number of aliphatic imine (C=N–C) groups is 1. The number of amides is 1. The second-order valence-corrected chi connectivity index (χ2v) is 13.4. The average Bonchev–Trinajstić information content (AvgIpc) is 3.10. The molecule has 0 spiro atoms. The maximum Gasteiger partial charge on any atom is 0.490 e. The van der Waals surface area contributed by atoms with Gasteiger partial charge in [0.25, 0.3) is 0 Å². The molecule has 0 unspecified atom stereocenters. The monoisotopic (exact) mass is 719 g/mol. The van der Waals surface area contributed by atoms with Gasteiger partial charge in [-0.3, -0.25) is 20.0 Å². The van der Waals surface area contributed by atoms with Gasteiger partial charge in [0.1, 0.15) is 5.75 Å². The number of nitrogens with two attached hydrogens (primary N) is 1. The van der Waals surface area contributed by atoms with Crippen molar-refractivity contribution in [2.24, 2.45) is 16.6 Å². The second-order valence-electron chi connectivity index (χ2n) is 13.4. The lowest BCUT2D eigenvalue weighted by atomic mass is 9.94. The Labute approximate surface area is 300 Å². The number of halogens is 3. The predicted octanol–water partition coefficient (Wildman–Crippen LogP) is 6.26. The number of carboxylic acids is 1. The first-order chi connectivity index (χ1) is 24.4. The molecule has 284 valence electrons. The van der Waals surface area contributed by atoms with Crippen molar-refractivity contribution in [3.63, 3.8) is 0 Å². The smallest absolute Gasteiger partial charge is 0.490 e. The van der Waals surface area contributed by atoms with Gasteiger partial charge in [0.15, 0.2) is 5.96 Å². The number of guanidine groups is 1. The van der Waals surface area contributed by atoms with E-state index in [1.807, 2.05) is 0 Å². The zero-order valence-electron chi connectivity index (χ0n) is 30.4. The normalized spacial score (nSPS) is 16.7. The van der Waals surface area contributed by atoms with Crippen LogP contribution in [0.2, 0.25) is 0 Å². The molecule has 2 fully saturated rings. The third-order valence-corrected chi connectivity index (χ3v) is 9.30. The third-order valence-electron chi connectivity index (χ3n) is 9.30. The summed E-state index contributed by atoms with van der Waals surface area (Å²) in [6.07, 6.45) is 3.92. The van der Waals surface area contributed by atoms with E-state index in [-0.39, 0.29) is 11.9 Å². The van der Waals surface area contributed by atoms with Crippen LogP contribution in [0.5, 0.6) is 5.75 Å². The molecule has 2 aromatic carbocycles. The van der Waals surface area contributed by atoms with Crippen LogP contribution in [0.3, 0.4) is 0 Å². The number of likely N-dealkylation sites (tertiary alicyclic amines) is 2. The van der Waals surface area contributed by atoms with E-state index in [9.17, 15) is 18.0 Å². The Morgan fingerprint density at radius 2 is 1.63 bits per heavy atom. The molecule has 4 rings (SSSR count). The van der Waals surface area contributed by atoms with E-state index in [1.54, 1.807) is 7.11 Å². The van der Waals surface area contributed by atoms with Crippen LogP contribution in [0.15, 0.2) is 47.5 Å². The molecule has 13 heteroatoms. The summed E-state index contributed by atoms with van der Waals surface area (Å²) in [6.45, 7) is 12.3. The summed E-state index contributed by atoms with van der Waals surface area (Å²) >= 11 is 0. The number of methoxy groups -OCH3 is 1. The maximum absolute atomic E-state index is 12.4. The number of rotatable bonds is 15. The van der Waals surface area contributed by atoms with Crippen LogP contribution in [-0.2, 0) is 27.3 Å². The minimum absolute atomic E-state index is 0.129. The minimum atomic E-state index is -5.08. The number of carbonyl (C=O) groups excluding carboxylic acids is 1. The number of hydrogen-bond donors (Lipinski definition) is 3. The molecule has 51 heavy (non-hydrogen) atoms. The molecule has 2 aliphatic rings. The zero-order chi connectivity index (χ0) is 37.2. The molecule has 4 N–H and O–H groups in total. The summed E-state index contributed by atoms with van der Waals surface area (Å²) in [7, 11) is 1.71. The van der Waals surface area contributed by atoms with Gasteiger partial charge in [0, 0.05) is 51.3 Å². The van der Waals surface area contributed by atoms with Gasteiger partial charge in [-0.25, -0.2) is 4.79 Å². The Morgan fingerprint density at radius 3 is 2.24 bits per heavy atom. The summed E-state index contributed by atoms with van der Waals surface area (Å²) < 4.78 is 43.2. The number of aryl methyl sites for hydroxylation is 1. The van der Waals surface area contributed by atoms with Crippen LogP contribution in [0.25, 0.3) is 11.1 Å². The number of benzene rings is 2. The second kappa shape index (κ2) is 21.6. The molecule has 1 amide bonds. The zero-order valence-corrected chi connectivity index (χ0v) is 30.4. The number of nitrogens with one attached hydrogen (secondary N) is 1. The van der Waals surface area contributed by atoms with Crippen LogP contribution in [0.4, 0.5) is 13.2 Å². The van der Waals surface area contributed by atoms with Gasteiger partial charge in [-0.2, -0.15) is 13.2 Å². The van der Waals surface area contributed by atoms with Gasteiger partial charge in [0.2, 0.25) is 5.91 Å². The summed E-state index contributed by atoms with van der Waals surface area (Å²) in [5.74, 6) is -0.963. The molecule has 0 radical (unpaired) electrons. The van der Waals surface area contributed by atoms with Gasteiger partial charge in [-0.1, -0.05) is 56.7 Å². The molecular formula is C38H56F3N5O5. The van der Waals surface area contributed by atoms with Crippen molar-refractivity contribution < 1.29 is 37.3 Å². The van der Waals surface area contributed by atoms with E-state index in [0.29, 0.717) is 32.6 Å². The van der Waals surface area contributed by atoms with Gasteiger partial charge in [-0.15, -0.1) is 0 Å². The van der Waals surface area contributed by atoms with Crippen LogP contribution in [-0.4, -0.2) is 98.0 Å². The molecular weight excluding hydrogens is 663 g/mol. The molecule has 2 saturated heterocycles. The van der Waals surface area contributed by atoms with Crippen LogP contribution < -0.4 is 15.8 Å². The topological polar surface area (TPSA) is 130 Å². The van der Waals surface area contributed by atoms with Crippen LogP contribution in [0.1, 0.15) is 76.3 Å². The number of unbranched alkanes of at least 4 members (excludes halogenated alkanes) is 1. The fourth-order valence-electron chi connectivity index (χ4n) is 6.21. The van der Waals surface area contributed by atoms with E-state index in [2.05, 4.69) is 76.4 Å². The number of carbonyl (C=O) groups is 2. The maximum atomic E-state index is 12.4. The highest BCUT2D eigenvalue weighted by Gasteiger charge is 2.38. The summed E-state index contributed by atoms with van der Waals surface area (Å²) in [4.78, 5) is 30.9. The lowest BCUT2D eigenvalue weighted by Gasteiger charge is -2.41. The molecule has 2 heterocycles. The number of ether oxygens (including phenoxy) is 2. The number of hydrogen-bond acceptors (Lipinski definition) is 7.